The first-order valence-corrected chi connectivity index (χ1v) is 7.06. The van der Waals surface area contributed by atoms with Crippen LogP contribution in [-0.2, 0) is 13.1 Å². The van der Waals surface area contributed by atoms with Crippen LogP contribution >= 0.6 is 0 Å². The fourth-order valence-corrected chi connectivity index (χ4v) is 2.26. The van der Waals surface area contributed by atoms with Gasteiger partial charge in [0.25, 0.3) is 5.91 Å². The molecule has 0 aliphatic rings. The number of imidazole rings is 1. The van der Waals surface area contributed by atoms with Crippen LogP contribution < -0.4 is 0 Å². The van der Waals surface area contributed by atoms with Crippen LogP contribution in [0.1, 0.15) is 27.6 Å². The summed E-state index contributed by atoms with van der Waals surface area (Å²) in [6, 6.07) is 11.6. The van der Waals surface area contributed by atoms with Crippen LogP contribution in [0.15, 0.2) is 48.8 Å². The highest BCUT2D eigenvalue weighted by molar-refractivity contribution is 5.92. The topological polar surface area (TPSA) is 77.7 Å². The third-order valence-corrected chi connectivity index (χ3v) is 3.32. The lowest BCUT2D eigenvalue weighted by molar-refractivity contribution is 0.0720. The number of aryl methyl sites for hydroxylation is 1. The smallest absolute Gasteiger partial charge is 0.275 e. The van der Waals surface area contributed by atoms with E-state index in [-0.39, 0.29) is 5.91 Å². The number of aromatic nitrogens is 4. The van der Waals surface area contributed by atoms with Crippen LogP contribution in [0, 0.1) is 6.92 Å². The number of carbonyl (C=O) groups is 1. The Morgan fingerprint density at radius 2 is 2.05 bits per heavy atom. The third-order valence-electron chi connectivity index (χ3n) is 3.32. The quantitative estimate of drug-likeness (QED) is 0.758. The van der Waals surface area contributed by atoms with Crippen molar-refractivity contribution in [3.63, 3.8) is 0 Å². The van der Waals surface area contributed by atoms with Gasteiger partial charge in [0.15, 0.2) is 0 Å². The van der Waals surface area contributed by atoms with Crippen molar-refractivity contribution in [1.82, 2.24) is 25.1 Å². The van der Waals surface area contributed by atoms with Gasteiger partial charge in [-0.05, 0) is 18.6 Å². The van der Waals surface area contributed by atoms with E-state index in [1.807, 2.05) is 37.3 Å². The van der Waals surface area contributed by atoms with E-state index in [9.17, 15) is 4.79 Å². The maximum Gasteiger partial charge on any atom is 0.275 e. The second-order valence-corrected chi connectivity index (χ2v) is 5.12. The molecule has 0 radical (unpaired) electrons. The first kappa shape index (κ1) is 14.1. The molecule has 112 valence electrons. The molecule has 0 aliphatic heterocycles. The van der Waals surface area contributed by atoms with Crippen molar-refractivity contribution in [2.75, 3.05) is 0 Å². The molecule has 0 aliphatic carbocycles. The molecular weight excluding hydrogens is 278 g/mol. The van der Waals surface area contributed by atoms with Crippen molar-refractivity contribution < 1.29 is 4.79 Å². The van der Waals surface area contributed by atoms with Crippen molar-refractivity contribution in [3.05, 3.63) is 71.6 Å². The monoisotopic (exact) mass is 295 g/mol. The number of hydrogen-bond acceptors (Lipinski definition) is 3. The van der Waals surface area contributed by atoms with Crippen LogP contribution in [0.2, 0.25) is 0 Å². The number of hydrogen-bond donors (Lipinski definition) is 2. The Balaban J connectivity index is 1.83. The van der Waals surface area contributed by atoms with Crippen LogP contribution in [-0.4, -0.2) is 31.0 Å². The van der Waals surface area contributed by atoms with Gasteiger partial charge in [-0.15, -0.1) is 0 Å². The standard InChI is InChI=1S/C16H17N5O/c1-12-9-14(20-19-12)16(22)21(11-15-17-7-8-18-15)10-13-5-3-2-4-6-13/h2-9H,10-11H2,1H3,(H,17,18)(H,19,20). The molecule has 6 nitrogen and oxygen atoms in total. The van der Waals surface area contributed by atoms with E-state index in [0.717, 1.165) is 17.1 Å². The fraction of sp³-hybridized carbons (Fsp3) is 0.188. The highest BCUT2D eigenvalue weighted by Gasteiger charge is 2.19. The summed E-state index contributed by atoms with van der Waals surface area (Å²) < 4.78 is 0. The lowest BCUT2D eigenvalue weighted by atomic mass is 10.2. The molecule has 0 fully saturated rings. The Morgan fingerprint density at radius 1 is 1.23 bits per heavy atom. The molecule has 0 saturated heterocycles. The van der Waals surface area contributed by atoms with E-state index < -0.39 is 0 Å². The van der Waals surface area contributed by atoms with E-state index in [2.05, 4.69) is 20.2 Å². The number of amides is 1. The van der Waals surface area contributed by atoms with Gasteiger partial charge in [0.05, 0.1) is 6.54 Å². The Morgan fingerprint density at radius 3 is 2.68 bits per heavy atom. The van der Waals surface area contributed by atoms with Gasteiger partial charge in [-0.25, -0.2) is 4.98 Å². The molecule has 1 amide bonds. The Hall–Kier alpha value is -2.89. The molecule has 2 N–H and O–H groups in total. The number of H-pyrrole nitrogens is 2. The molecule has 1 aromatic carbocycles. The van der Waals surface area contributed by atoms with E-state index >= 15 is 0 Å². The van der Waals surface area contributed by atoms with Gasteiger partial charge in [-0.2, -0.15) is 5.10 Å². The summed E-state index contributed by atoms with van der Waals surface area (Å²) in [6.45, 7) is 2.79. The highest BCUT2D eigenvalue weighted by atomic mass is 16.2. The lowest BCUT2D eigenvalue weighted by Crippen LogP contribution is -2.30. The van der Waals surface area contributed by atoms with Crippen LogP contribution in [0.25, 0.3) is 0 Å². The molecule has 3 aromatic rings. The molecule has 2 aromatic heterocycles. The third kappa shape index (κ3) is 3.22. The van der Waals surface area contributed by atoms with Crippen molar-refractivity contribution in [2.24, 2.45) is 0 Å². The first-order valence-electron chi connectivity index (χ1n) is 7.06. The number of rotatable bonds is 5. The average Bonchev–Trinajstić information content (AvgIpc) is 3.18. The molecular formula is C16H17N5O. The van der Waals surface area contributed by atoms with Gasteiger partial charge < -0.3 is 9.88 Å². The average molecular weight is 295 g/mol. The van der Waals surface area contributed by atoms with E-state index in [1.54, 1.807) is 23.4 Å². The molecule has 0 saturated carbocycles. The predicted octanol–water partition coefficient (Wildman–Crippen LogP) is 2.28. The molecule has 3 rings (SSSR count). The van der Waals surface area contributed by atoms with Crippen molar-refractivity contribution in [1.29, 1.82) is 0 Å². The van der Waals surface area contributed by atoms with Gasteiger partial charge in [0.1, 0.15) is 11.5 Å². The summed E-state index contributed by atoms with van der Waals surface area (Å²) in [4.78, 5) is 21.6. The van der Waals surface area contributed by atoms with Crippen molar-refractivity contribution in [2.45, 2.75) is 20.0 Å². The summed E-state index contributed by atoms with van der Waals surface area (Å²) in [6.07, 6.45) is 3.43. The Bertz CT molecular complexity index is 733. The molecule has 0 atom stereocenters. The normalized spacial score (nSPS) is 10.6. The zero-order chi connectivity index (χ0) is 15.4. The first-order chi connectivity index (χ1) is 10.7. The van der Waals surface area contributed by atoms with Crippen LogP contribution in [0.3, 0.4) is 0 Å². The number of nitrogens with one attached hydrogen (secondary N) is 2. The number of carbonyl (C=O) groups excluding carboxylic acids is 1. The zero-order valence-corrected chi connectivity index (χ0v) is 12.3. The second kappa shape index (κ2) is 6.26. The molecule has 0 spiro atoms. The minimum Gasteiger partial charge on any atom is -0.347 e. The predicted molar refractivity (Wildman–Crippen MR) is 81.9 cm³/mol. The summed E-state index contributed by atoms with van der Waals surface area (Å²) in [7, 11) is 0. The summed E-state index contributed by atoms with van der Waals surface area (Å²) in [5.41, 5.74) is 2.34. The van der Waals surface area contributed by atoms with Crippen molar-refractivity contribution in [3.8, 4) is 0 Å². The Labute approximate surface area is 128 Å². The van der Waals surface area contributed by atoms with Crippen molar-refractivity contribution >= 4 is 5.91 Å². The molecule has 6 heteroatoms. The number of aromatic amines is 2. The lowest BCUT2D eigenvalue weighted by Gasteiger charge is -2.20. The largest absolute Gasteiger partial charge is 0.347 e. The minimum atomic E-state index is -0.121. The van der Waals surface area contributed by atoms with Gasteiger partial charge in [0.2, 0.25) is 0 Å². The van der Waals surface area contributed by atoms with Gasteiger partial charge >= 0.3 is 0 Å². The molecule has 2 heterocycles. The second-order valence-electron chi connectivity index (χ2n) is 5.12. The SMILES string of the molecule is Cc1cc(C(=O)N(Cc2ccccc2)Cc2ncc[nH]2)n[nH]1. The Kier molecular flexibility index (Phi) is 4.00. The van der Waals surface area contributed by atoms with Gasteiger partial charge in [-0.1, -0.05) is 30.3 Å². The number of nitrogens with zero attached hydrogens (tertiary/aromatic N) is 3. The van der Waals surface area contributed by atoms with E-state index in [1.165, 1.54) is 0 Å². The zero-order valence-electron chi connectivity index (χ0n) is 12.3. The van der Waals surface area contributed by atoms with Crippen LogP contribution in [0.5, 0.6) is 0 Å². The van der Waals surface area contributed by atoms with Crippen LogP contribution in [0.4, 0.5) is 0 Å². The maximum atomic E-state index is 12.7. The van der Waals surface area contributed by atoms with Gasteiger partial charge in [0, 0.05) is 24.6 Å². The van der Waals surface area contributed by atoms with E-state index in [4.69, 9.17) is 0 Å². The fourth-order valence-electron chi connectivity index (χ4n) is 2.26. The summed E-state index contributed by atoms with van der Waals surface area (Å²) in [5.74, 6) is 0.626. The van der Waals surface area contributed by atoms with E-state index in [0.29, 0.717) is 18.8 Å². The van der Waals surface area contributed by atoms with Gasteiger partial charge in [-0.3, -0.25) is 9.89 Å². The maximum absolute atomic E-state index is 12.7. The molecule has 0 bridgehead atoms. The summed E-state index contributed by atoms with van der Waals surface area (Å²) >= 11 is 0. The molecule has 22 heavy (non-hydrogen) atoms. The minimum absolute atomic E-state index is 0.121. The molecule has 0 unspecified atom stereocenters. The highest BCUT2D eigenvalue weighted by Crippen LogP contribution is 2.12. The summed E-state index contributed by atoms with van der Waals surface area (Å²) in [5, 5.41) is 6.87. The number of benzene rings is 1.